The van der Waals surface area contributed by atoms with Gasteiger partial charge in [0.2, 0.25) is 5.91 Å². The van der Waals surface area contributed by atoms with E-state index in [4.69, 9.17) is 9.40 Å². The first kappa shape index (κ1) is 21.9. The van der Waals surface area contributed by atoms with Gasteiger partial charge in [-0.2, -0.15) is 0 Å². The normalized spacial score (nSPS) is 13.4. The van der Waals surface area contributed by atoms with Gasteiger partial charge in [-0.1, -0.05) is 36.9 Å². The molecule has 0 atom stereocenters. The minimum Gasteiger partial charge on any atom is -0.467 e. The average Bonchev–Trinajstić information content (AvgIpc) is 3.18. The molecule has 170 valence electrons. The second-order valence-corrected chi connectivity index (χ2v) is 9.81. The summed E-state index contributed by atoms with van der Waals surface area (Å²) in [7, 11) is 0. The van der Waals surface area contributed by atoms with Gasteiger partial charge in [0.25, 0.3) is 0 Å². The molecule has 1 aliphatic carbocycles. The van der Waals surface area contributed by atoms with E-state index >= 15 is 0 Å². The first-order valence-corrected chi connectivity index (χ1v) is 12.9. The third-order valence-electron chi connectivity index (χ3n) is 5.59. The van der Waals surface area contributed by atoms with E-state index < -0.39 is 0 Å². The molecule has 33 heavy (non-hydrogen) atoms. The minimum absolute atomic E-state index is 0.0447. The van der Waals surface area contributed by atoms with Crippen LogP contribution in [0.15, 0.2) is 57.6 Å². The largest absolute Gasteiger partial charge is 0.467 e. The number of thioether (sulfide) groups is 1. The maximum Gasteiger partial charge on any atom is 0.230 e. The number of hydrogen-bond donors (Lipinski definition) is 0. The number of rotatable bonds is 9. The van der Waals surface area contributed by atoms with Gasteiger partial charge < -0.3 is 4.42 Å². The quantitative estimate of drug-likeness (QED) is 0.283. The van der Waals surface area contributed by atoms with Crippen LogP contribution in [0.5, 0.6) is 0 Å². The Labute approximate surface area is 200 Å². The fraction of sp³-hybridized carbons (Fsp3) is 0.333. The molecule has 0 bridgehead atoms. The molecule has 3 heterocycles. The monoisotopic (exact) mass is 479 g/mol. The first-order chi connectivity index (χ1) is 16.1. The molecule has 0 saturated heterocycles. The maximum absolute atomic E-state index is 12.5. The van der Waals surface area contributed by atoms with Gasteiger partial charge in [-0.15, -0.1) is 21.5 Å². The number of carbonyl (C=O) groups excluding carboxylic acids is 1. The predicted molar refractivity (Wildman–Crippen MR) is 130 cm³/mol. The van der Waals surface area contributed by atoms with Crippen LogP contribution in [0.25, 0.3) is 0 Å². The highest BCUT2D eigenvalue weighted by atomic mass is 32.2. The summed E-state index contributed by atoms with van der Waals surface area (Å²) < 4.78 is 7.72. The number of aromatic nitrogens is 4. The summed E-state index contributed by atoms with van der Waals surface area (Å²) in [5.74, 6) is 3.03. The van der Waals surface area contributed by atoms with Gasteiger partial charge in [0.05, 0.1) is 24.2 Å². The number of nitrogens with zero attached hydrogens (tertiary/aromatic N) is 5. The van der Waals surface area contributed by atoms with Crippen molar-refractivity contribution in [3.8, 4) is 0 Å². The average molecular weight is 480 g/mol. The van der Waals surface area contributed by atoms with Crippen molar-refractivity contribution < 1.29 is 9.21 Å². The summed E-state index contributed by atoms with van der Waals surface area (Å²) in [5, 5.41) is 12.5. The van der Waals surface area contributed by atoms with Gasteiger partial charge in [-0.05, 0) is 43.0 Å². The highest BCUT2D eigenvalue weighted by Crippen LogP contribution is 2.40. The zero-order valence-electron chi connectivity index (χ0n) is 18.6. The number of hydrogen-bond acceptors (Lipinski definition) is 7. The van der Waals surface area contributed by atoms with Gasteiger partial charge in [0.15, 0.2) is 10.3 Å². The molecule has 1 amide bonds. The minimum atomic E-state index is -0.0447. The Kier molecular flexibility index (Phi) is 6.32. The summed E-state index contributed by atoms with van der Waals surface area (Å²) in [6.07, 6.45) is 4.87. The molecule has 1 saturated carbocycles. The van der Waals surface area contributed by atoms with Crippen LogP contribution in [0.1, 0.15) is 55.4 Å². The standard InChI is InChI=1S/C24H25N5O2S2/c1-3-17-7-4-5-9-21(17)29(16(2)30)23-25-19(14-32-23)15-33-24-27-26-22(18-10-11-18)28(24)13-20-8-6-12-31-20/h4-9,12,14,18H,3,10-11,13,15H2,1-2H3. The maximum atomic E-state index is 12.5. The van der Waals surface area contributed by atoms with Gasteiger partial charge in [-0.3, -0.25) is 14.3 Å². The Morgan fingerprint density at radius 3 is 2.82 bits per heavy atom. The van der Waals surface area contributed by atoms with Gasteiger partial charge in [0.1, 0.15) is 11.6 Å². The molecule has 0 radical (unpaired) electrons. The molecule has 9 heteroatoms. The van der Waals surface area contributed by atoms with E-state index in [9.17, 15) is 4.79 Å². The van der Waals surface area contributed by atoms with Gasteiger partial charge in [0, 0.05) is 24.0 Å². The molecule has 7 nitrogen and oxygen atoms in total. The zero-order valence-corrected chi connectivity index (χ0v) is 20.2. The predicted octanol–water partition coefficient (Wildman–Crippen LogP) is 5.79. The SMILES string of the molecule is CCc1ccccc1N(C(C)=O)c1nc(CSc2nnc(C3CC3)n2Cc2ccco2)cs1. The van der Waals surface area contributed by atoms with Gasteiger partial charge >= 0.3 is 0 Å². The van der Waals surface area contributed by atoms with Crippen molar-refractivity contribution in [1.82, 2.24) is 19.7 Å². The van der Waals surface area contributed by atoms with E-state index in [0.29, 0.717) is 23.3 Å². The van der Waals surface area contributed by atoms with E-state index in [1.807, 2.05) is 35.7 Å². The van der Waals surface area contributed by atoms with Crippen molar-refractivity contribution in [2.75, 3.05) is 4.90 Å². The van der Waals surface area contributed by atoms with Crippen LogP contribution in [-0.2, 0) is 23.5 Å². The molecule has 3 aromatic heterocycles. The third kappa shape index (κ3) is 4.74. The smallest absolute Gasteiger partial charge is 0.230 e. The summed E-state index contributed by atoms with van der Waals surface area (Å²) in [6, 6.07) is 11.9. The lowest BCUT2D eigenvalue weighted by Crippen LogP contribution is -2.23. The Hall–Kier alpha value is -2.91. The van der Waals surface area contributed by atoms with Crippen LogP contribution in [0.2, 0.25) is 0 Å². The molecule has 5 rings (SSSR count). The number of aryl methyl sites for hydroxylation is 1. The molecular weight excluding hydrogens is 454 g/mol. The molecule has 4 aromatic rings. The highest BCUT2D eigenvalue weighted by molar-refractivity contribution is 7.98. The number of thiazole rings is 1. The van der Waals surface area contributed by atoms with Crippen LogP contribution in [0.3, 0.4) is 0 Å². The molecule has 0 N–H and O–H groups in total. The number of furan rings is 1. The molecule has 0 aliphatic heterocycles. The molecule has 0 spiro atoms. The Balaban J connectivity index is 1.35. The Bertz CT molecular complexity index is 1240. The van der Waals surface area contributed by atoms with E-state index in [1.54, 1.807) is 29.8 Å². The van der Waals surface area contributed by atoms with E-state index in [0.717, 1.165) is 52.9 Å². The van der Waals surface area contributed by atoms with Crippen LogP contribution < -0.4 is 4.90 Å². The number of amides is 1. The van der Waals surface area contributed by atoms with Crippen LogP contribution in [0.4, 0.5) is 10.8 Å². The second-order valence-electron chi connectivity index (χ2n) is 8.03. The van der Waals surface area contributed by atoms with Crippen LogP contribution in [-0.4, -0.2) is 25.7 Å². The fourth-order valence-corrected chi connectivity index (χ4v) is 5.62. The molecular formula is C24H25N5O2S2. The first-order valence-electron chi connectivity index (χ1n) is 11.0. The number of anilines is 2. The van der Waals surface area contributed by atoms with Crippen molar-refractivity contribution in [2.24, 2.45) is 0 Å². The number of carbonyl (C=O) groups is 1. The van der Waals surface area contributed by atoms with Crippen LogP contribution in [0, 0.1) is 0 Å². The molecule has 1 fully saturated rings. The van der Waals surface area contributed by atoms with Crippen molar-refractivity contribution in [2.45, 2.75) is 56.5 Å². The molecule has 1 aromatic carbocycles. The lowest BCUT2D eigenvalue weighted by Gasteiger charge is -2.20. The lowest BCUT2D eigenvalue weighted by molar-refractivity contribution is -0.115. The topological polar surface area (TPSA) is 77.1 Å². The Morgan fingerprint density at radius 2 is 2.09 bits per heavy atom. The summed E-state index contributed by atoms with van der Waals surface area (Å²) in [6.45, 7) is 4.30. The van der Waals surface area contributed by atoms with E-state index in [1.165, 1.54) is 11.3 Å². The fourth-order valence-electron chi connectivity index (χ4n) is 3.80. The lowest BCUT2D eigenvalue weighted by atomic mass is 10.1. The third-order valence-corrected chi connectivity index (χ3v) is 7.47. The van der Waals surface area contributed by atoms with Gasteiger partial charge in [-0.25, -0.2) is 4.98 Å². The Morgan fingerprint density at radius 1 is 1.24 bits per heavy atom. The number of para-hydroxylation sites is 1. The zero-order chi connectivity index (χ0) is 22.8. The van der Waals surface area contributed by atoms with Crippen molar-refractivity contribution in [3.63, 3.8) is 0 Å². The van der Waals surface area contributed by atoms with Crippen molar-refractivity contribution in [3.05, 3.63) is 70.9 Å². The summed E-state index contributed by atoms with van der Waals surface area (Å²) >= 11 is 3.10. The summed E-state index contributed by atoms with van der Waals surface area (Å²) in [5.41, 5.74) is 2.94. The molecule has 1 aliphatic rings. The highest BCUT2D eigenvalue weighted by Gasteiger charge is 2.31. The summed E-state index contributed by atoms with van der Waals surface area (Å²) in [4.78, 5) is 19.0. The van der Waals surface area contributed by atoms with Crippen molar-refractivity contribution >= 4 is 39.8 Å². The van der Waals surface area contributed by atoms with Crippen LogP contribution >= 0.6 is 23.1 Å². The van der Waals surface area contributed by atoms with E-state index in [-0.39, 0.29) is 5.91 Å². The second kappa shape index (κ2) is 9.52. The number of benzene rings is 1. The van der Waals surface area contributed by atoms with E-state index in [2.05, 4.69) is 27.8 Å². The molecule has 0 unspecified atom stereocenters. The van der Waals surface area contributed by atoms with Crippen molar-refractivity contribution in [1.29, 1.82) is 0 Å².